The Morgan fingerprint density at radius 2 is 1.89 bits per heavy atom. The van der Waals surface area contributed by atoms with Crippen LogP contribution in [0.5, 0.6) is 11.5 Å². The third kappa shape index (κ3) is 2.76. The maximum absolute atomic E-state index is 8.85. The summed E-state index contributed by atoms with van der Waals surface area (Å²) in [6.45, 7) is 1.85. The van der Waals surface area contributed by atoms with E-state index in [1.54, 1.807) is 36.4 Å². The van der Waals surface area contributed by atoms with Gasteiger partial charge in [0.05, 0.1) is 16.7 Å². The molecule has 0 aliphatic rings. The summed E-state index contributed by atoms with van der Waals surface area (Å²) in [4.78, 5) is 0. The molecule has 0 N–H and O–H groups in total. The van der Waals surface area contributed by atoms with Gasteiger partial charge in [0, 0.05) is 11.1 Å². The van der Waals surface area contributed by atoms with Crippen LogP contribution in [-0.4, -0.2) is 0 Å². The molecule has 0 bridgehead atoms. The van der Waals surface area contributed by atoms with E-state index in [1.165, 1.54) is 0 Å². The topological polar surface area (TPSA) is 33.0 Å². The fourth-order valence-corrected chi connectivity index (χ4v) is 1.83. The van der Waals surface area contributed by atoms with Crippen molar-refractivity contribution in [2.75, 3.05) is 0 Å². The van der Waals surface area contributed by atoms with Crippen LogP contribution < -0.4 is 4.74 Å². The molecule has 0 aliphatic heterocycles. The lowest BCUT2D eigenvalue weighted by atomic mass is 10.1. The molecule has 2 rings (SSSR count). The minimum atomic E-state index is 0.487. The Hall–Kier alpha value is -1.69. The first kappa shape index (κ1) is 12.8. The number of halogens is 2. The maximum atomic E-state index is 8.85. The van der Waals surface area contributed by atoms with Gasteiger partial charge in [-0.25, -0.2) is 0 Å². The highest BCUT2D eigenvalue weighted by Gasteiger charge is 2.05. The van der Waals surface area contributed by atoms with Gasteiger partial charge in [-0.15, -0.1) is 0 Å². The molecule has 0 unspecified atom stereocenters. The molecule has 2 nitrogen and oxygen atoms in total. The molecule has 0 saturated heterocycles. The number of hydrogen-bond donors (Lipinski definition) is 0. The average molecular weight is 278 g/mol. The zero-order valence-corrected chi connectivity index (χ0v) is 11.1. The minimum absolute atomic E-state index is 0.487. The molecule has 0 aliphatic carbocycles. The van der Waals surface area contributed by atoms with E-state index in [1.807, 2.05) is 6.92 Å². The lowest BCUT2D eigenvalue weighted by Gasteiger charge is -2.09. The van der Waals surface area contributed by atoms with Crippen molar-refractivity contribution in [3.8, 4) is 17.6 Å². The lowest BCUT2D eigenvalue weighted by molar-refractivity contribution is 0.482. The maximum Gasteiger partial charge on any atom is 0.147 e. The molecule has 0 spiro atoms. The Bertz CT molecular complexity index is 632. The van der Waals surface area contributed by atoms with Gasteiger partial charge in [0.25, 0.3) is 0 Å². The van der Waals surface area contributed by atoms with Crippen molar-refractivity contribution in [2.24, 2.45) is 0 Å². The summed E-state index contributed by atoms with van der Waals surface area (Å²) < 4.78 is 5.64. The Balaban J connectivity index is 2.32. The second-order valence-electron chi connectivity index (χ2n) is 3.77. The van der Waals surface area contributed by atoms with Crippen molar-refractivity contribution in [1.29, 1.82) is 5.26 Å². The molecule has 0 saturated carbocycles. The normalized spacial score (nSPS) is 9.89. The summed E-state index contributed by atoms with van der Waals surface area (Å²) in [6.07, 6.45) is 0. The molecular weight excluding hydrogens is 269 g/mol. The predicted octanol–water partition coefficient (Wildman–Crippen LogP) is 4.97. The lowest BCUT2D eigenvalue weighted by Crippen LogP contribution is -1.88. The van der Waals surface area contributed by atoms with Gasteiger partial charge in [0.2, 0.25) is 0 Å². The number of aryl methyl sites for hydroxylation is 1. The number of benzene rings is 2. The van der Waals surface area contributed by atoms with E-state index >= 15 is 0 Å². The molecule has 0 atom stereocenters. The van der Waals surface area contributed by atoms with Crippen molar-refractivity contribution in [2.45, 2.75) is 6.92 Å². The summed E-state index contributed by atoms with van der Waals surface area (Å²) in [5.74, 6) is 1.11. The van der Waals surface area contributed by atoms with E-state index in [0.29, 0.717) is 27.1 Å². The number of nitrogens with zero attached hydrogens (tertiary/aromatic N) is 1. The monoisotopic (exact) mass is 277 g/mol. The highest BCUT2D eigenvalue weighted by molar-refractivity contribution is 6.34. The Kier molecular flexibility index (Phi) is 3.76. The second kappa shape index (κ2) is 5.30. The van der Waals surface area contributed by atoms with Gasteiger partial charge in [-0.05, 0) is 42.8 Å². The fourth-order valence-electron chi connectivity index (χ4n) is 1.51. The Morgan fingerprint density at radius 1 is 1.11 bits per heavy atom. The van der Waals surface area contributed by atoms with Crippen molar-refractivity contribution >= 4 is 23.2 Å². The van der Waals surface area contributed by atoms with Crippen molar-refractivity contribution in [3.05, 3.63) is 57.6 Å². The van der Waals surface area contributed by atoms with Crippen LogP contribution in [0.2, 0.25) is 10.0 Å². The van der Waals surface area contributed by atoms with Gasteiger partial charge in [0.15, 0.2) is 0 Å². The van der Waals surface area contributed by atoms with Crippen molar-refractivity contribution in [3.63, 3.8) is 0 Å². The van der Waals surface area contributed by atoms with E-state index in [2.05, 4.69) is 6.07 Å². The number of ether oxygens (including phenoxy) is 1. The van der Waals surface area contributed by atoms with Crippen LogP contribution in [-0.2, 0) is 0 Å². The average Bonchev–Trinajstić information content (AvgIpc) is 2.34. The fraction of sp³-hybridized carbons (Fsp3) is 0.0714. The number of hydrogen-bond acceptors (Lipinski definition) is 2. The van der Waals surface area contributed by atoms with E-state index in [0.717, 1.165) is 5.56 Å². The first-order valence-electron chi connectivity index (χ1n) is 5.24. The summed E-state index contributed by atoms with van der Waals surface area (Å²) in [7, 11) is 0. The summed E-state index contributed by atoms with van der Waals surface area (Å²) >= 11 is 11.9. The SMILES string of the molecule is Cc1cc(Oc2cc(Cl)ccc2Cl)ccc1C#N. The van der Waals surface area contributed by atoms with Crippen LogP contribution in [0.15, 0.2) is 36.4 Å². The molecule has 2 aromatic carbocycles. The van der Waals surface area contributed by atoms with Crippen molar-refractivity contribution < 1.29 is 4.74 Å². The summed E-state index contributed by atoms with van der Waals surface area (Å²) in [5.41, 5.74) is 1.48. The highest BCUT2D eigenvalue weighted by atomic mass is 35.5. The molecule has 2 aromatic rings. The van der Waals surface area contributed by atoms with Gasteiger partial charge in [-0.2, -0.15) is 5.26 Å². The summed E-state index contributed by atoms with van der Waals surface area (Å²) in [6, 6.07) is 12.3. The van der Waals surface area contributed by atoms with Gasteiger partial charge in [-0.1, -0.05) is 23.2 Å². The molecule has 0 fully saturated rings. The number of rotatable bonds is 2. The quantitative estimate of drug-likeness (QED) is 0.777. The van der Waals surface area contributed by atoms with Gasteiger partial charge >= 0.3 is 0 Å². The van der Waals surface area contributed by atoms with E-state index in [-0.39, 0.29) is 0 Å². The van der Waals surface area contributed by atoms with Gasteiger partial charge in [-0.3, -0.25) is 0 Å². The van der Waals surface area contributed by atoms with E-state index in [4.69, 9.17) is 33.2 Å². The molecule has 0 radical (unpaired) electrons. The van der Waals surface area contributed by atoms with Crippen LogP contribution in [0.25, 0.3) is 0 Å². The zero-order chi connectivity index (χ0) is 13.1. The zero-order valence-electron chi connectivity index (χ0n) is 9.58. The van der Waals surface area contributed by atoms with Gasteiger partial charge < -0.3 is 4.74 Å². The first-order valence-corrected chi connectivity index (χ1v) is 5.99. The van der Waals surface area contributed by atoms with Crippen LogP contribution in [0.1, 0.15) is 11.1 Å². The summed E-state index contributed by atoms with van der Waals surface area (Å²) in [5, 5.41) is 9.89. The van der Waals surface area contributed by atoms with Crippen LogP contribution in [0.3, 0.4) is 0 Å². The molecule has 18 heavy (non-hydrogen) atoms. The standard InChI is InChI=1S/C14H9Cl2NO/c1-9-6-12(4-2-10(9)8-17)18-14-7-11(15)3-5-13(14)16/h2-7H,1H3. The van der Waals surface area contributed by atoms with Gasteiger partial charge in [0.1, 0.15) is 11.5 Å². The van der Waals surface area contributed by atoms with Crippen molar-refractivity contribution in [1.82, 2.24) is 0 Å². The molecule has 0 aromatic heterocycles. The molecule has 0 amide bonds. The molecule has 90 valence electrons. The number of nitriles is 1. The third-order valence-corrected chi connectivity index (χ3v) is 2.99. The van der Waals surface area contributed by atoms with E-state index < -0.39 is 0 Å². The minimum Gasteiger partial charge on any atom is -0.456 e. The largest absolute Gasteiger partial charge is 0.456 e. The third-order valence-electron chi connectivity index (χ3n) is 2.44. The van der Waals surface area contributed by atoms with Crippen LogP contribution in [0.4, 0.5) is 0 Å². The van der Waals surface area contributed by atoms with Crippen LogP contribution >= 0.6 is 23.2 Å². The smallest absolute Gasteiger partial charge is 0.147 e. The molecular formula is C14H9Cl2NO. The molecule has 4 heteroatoms. The Labute approximate surface area is 115 Å². The first-order chi connectivity index (χ1) is 8.60. The Morgan fingerprint density at radius 3 is 2.56 bits per heavy atom. The van der Waals surface area contributed by atoms with Crippen LogP contribution in [0, 0.1) is 18.3 Å². The second-order valence-corrected chi connectivity index (χ2v) is 4.61. The molecule has 0 heterocycles. The highest BCUT2D eigenvalue weighted by Crippen LogP contribution is 2.32. The van der Waals surface area contributed by atoms with E-state index in [9.17, 15) is 0 Å². The predicted molar refractivity (Wildman–Crippen MR) is 72.4 cm³/mol.